The Morgan fingerprint density at radius 2 is 1.00 bits per heavy atom. The first-order valence-electron chi connectivity index (χ1n) is 15.8. The third-order valence-corrected chi connectivity index (χ3v) is 11.8. The van der Waals surface area contributed by atoms with Crippen LogP contribution < -0.4 is 9.83 Å². The average Bonchev–Trinajstić information content (AvgIpc) is 2.96. The Labute approximate surface area is 256 Å². The van der Waals surface area contributed by atoms with E-state index < -0.39 is 7.60 Å². The summed E-state index contributed by atoms with van der Waals surface area (Å²) >= 11 is 0. The molecule has 0 aliphatic carbocycles. The molecule has 4 heteroatoms. The largest absolute Gasteiger partial charge is 0.421 e. The van der Waals surface area contributed by atoms with E-state index in [0.717, 1.165) is 42.4 Å². The van der Waals surface area contributed by atoms with Crippen LogP contribution >= 0.6 is 7.60 Å². The smallest absolute Gasteiger partial charge is 0.408 e. The lowest BCUT2D eigenvalue weighted by molar-refractivity contribution is 0.393. The van der Waals surface area contributed by atoms with E-state index >= 15 is 0 Å². The van der Waals surface area contributed by atoms with E-state index in [1.807, 2.05) is 36.4 Å². The van der Waals surface area contributed by atoms with E-state index in [0.29, 0.717) is 11.1 Å². The fourth-order valence-corrected chi connectivity index (χ4v) is 6.40. The maximum atomic E-state index is 14.2. The predicted molar refractivity (Wildman–Crippen MR) is 182 cm³/mol. The summed E-state index contributed by atoms with van der Waals surface area (Å²) in [6.07, 6.45) is 3.92. The normalized spacial score (nSPS) is 14.5. The molecule has 0 aliphatic rings. The van der Waals surface area contributed by atoms with E-state index in [2.05, 4.69) is 107 Å². The van der Waals surface area contributed by atoms with Gasteiger partial charge in [0, 0.05) is 0 Å². The first-order valence-corrected chi connectivity index (χ1v) is 17.4. The fourth-order valence-electron chi connectivity index (χ4n) is 5.14. The third kappa shape index (κ3) is 7.06. The van der Waals surface area contributed by atoms with Crippen molar-refractivity contribution >= 4 is 12.9 Å². The van der Waals surface area contributed by atoms with Crippen molar-refractivity contribution in [3.05, 3.63) is 82.9 Å². The number of rotatable bonds is 12. The van der Waals surface area contributed by atoms with Crippen LogP contribution in [0.1, 0.15) is 131 Å². The molecular weight excluding hydrogens is 535 g/mol. The van der Waals surface area contributed by atoms with Gasteiger partial charge in [-0.25, -0.2) is 4.57 Å². The Hall–Kier alpha value is -2.35. The van der Waals surface area contributed by atoms with Crippen LogP contribution in [0.5, 0.6) is 5.75 Å². The molecule has 0 radical (unpaired) electrons. The molecule has 0 heterocycles. The topological polar surface area (TPSA) is 46.5 Å². The molecule has 1 atom stereocenters. The molecular formula is C38H55O3P. The van der Waals surface area contributed by atoms with Crippen LogP contribution in [-0.4, -0.2) is 4.89 Å². The zero-order valence-corrected chi connectivity index (χ0v) is 29.2. The second kappa shape index (κ2) is 12.3. The molecule has 0 aliphatic heterocycles. The van der Waals surface area contributed by atoms with Gasteiger partial charge in [-0.3, -0.25) is 0 Å². The highest BCUT2D eigenvalue weighted by Crippen LogP contribution is 2.48. The zero-order chi connectivity index (χ0) is 31.7. The number of benzene rings is 3. The summed E-state index contributed by atoms with van der Waals surface area (Å²) in [6, 6.07) is 20.3. The van der Waals surface area contributed by atoms with Gasteiger partial charge in [0.15, 0.2) is 0 Å². The fraction of sp³-hybridized carbons (Fsp3) is 0.526. The molecule has 3 aromatic rings. The monoisotopic (exact) mass is 590 g/mol. The predicted octanol–water partition coefficient (Wildman–Crippen LogP) is 11.0. The molecule has 0 fully saturated rings. The van der Waals surface area contributed by atoms with Crippen molar-refractivity contribution in [2.24, 2.45) is 0 Å². The van der Waals surface area contributed by atoms with E-state index in [-0.39, 0.29) is 21.7 Å². The minimum atomic E-state index is -4.24. The van der Waals surface area contributed by atoms with Gasteiger partial charge in [0.1, 0.15) is 5.75 Å². The first kappa shape index (κ1) is 34.1. The maximum Gasteiger partial charge on any atom is 0.408 e. The summed E-state index contributed by atoms with van der Waals surface area (Å²) < 4.78 is 20.1. The van der Waals surface area contributed by atoms with Crippen molar-refractivity contribution in [3.8, 4) is 16.9 Å². The second-order valence-corrected chi connectivity index (χ2v) is 16.3. The standard InChI is InChI=1S/C38H55O3P/c1-13-35(5,6)27-17-21-30(22-18-27)41-42(39,40)34-24-20-28(36(7,8)14-2)25-32(34)31-23-19-29(37(9,10)15-3)26-33(31)38(11,12)16-4/h17-26H,13-16H2,1-12H3,(H,39,40). The summed E-state index contributed by atoms with van der Waals surface area (Å²) in [7, 11) is -4.24. The molecule has 0 spiro atoms. The van der Waals surface area contributed by atoms with Crippen LogP contribution in [0.15, 0.2) is 60.7 Å². The van der Waals surface area contributed by atoms with Gasteiger partial charge in [0.25, 0.3) is 0 Å². The van der Waals surface area contributed by atoms with Crippen LogP contribution in [0.2, 0.25) is 0 Å². The lowest BCUT2D eigenvalue weighted by atomic mass is 9.73. The van der Waals surface area contributed by atoms with Crippen LogP contribution in [0.4, 0.5) is 0 Å². The zero-order valence-electron chi connectivity index (χ0n) is 28.3. The van der Waals surface area contributed by atoms with Gasteiger partial charge in [-0.05, 0) is 105 Å². The van der Waals surface area contributed by atoms with Crippen LogP contribution in [-0.2, 0) is 26.2 Å². The summed E-state index contributed by atoms with van der Waals surface area (Å²) in [5.41, 5.74) is 6.42. The Morgan fingerprint density at radius 3 is 1.50 bits per heavy atom. The number of hydrogen-bond acceptors (Lipinski definition) is 2. The summed E-state index contributed by atoms with van der Waals surface area (Å²) in [4.78, 5) is 11.6. The highest BCUT2D eigenvalue weighted by atomic mass is 31.2. The van der Waals surface area contributed by atoms with Crippen molar-refractivity contribution in [2.75, 3.05) is 0 Å². The van der Waals surface area contributed by atoms with Crippen LogP contribution in [0, 0.1) is 0 Å². The molecule has 3 rings (SSSR count). The molecule has 0 saturated carbocycles. The van der Waals surface area contributed by atoms with E-state index in [9.17, 15) is 9.46 Å². The third-order valence-electron chi connectivity index (χ3n) is 10.3. The van der Waals surface area contributed by atoms with E-state index in [1.54, 1.807) is 0 Å². The van der Waals surface area contributed by atoms with Crippen molar-refractivity contribution in [3.63, 3.8) is 0 Å². The molecule has 1 unspecified atom stereocenters. The maximum absolute atomic E-state index is 14.2. The quantitative estimate of drug-likeness (QED) is 0.213. The number of hydrogen-bond donors (Lipinski definition) is 1. The van der Waals surface area contributed by atoms with E-state index in [4.69, 9.17) is 4.52 Å². The van der Waals surface area contributed by atoms with Gasteiger partial charge in [-0.15, -0.1) is 0 Å². The Kier molecular flexibility index (Phi) is 10.0. The van der Waals surface area contributed by atoms with Crippen LogP contribution in [0.25, 0.3) is 11.1 Å². The van der Waals surface area contributed by atoms with Gasteiger partial charge in [-0.1, -0.05) is 119 Å². The molecule has 0 bridgehead atoms. The highest BCUT2D eigenvalue weighted by molar-refractivity contribution is 7.62. The summed E-state index contributed by atoms with van der Waals surface area (Å²) in [5.74, 6) is 0.398. The molecule has 0 saturated heterocycles. The van der Waals surface area contributed by atoms with Gasteiger partial charge in [0.2, 0.25) is 0 Å². The molecule has 230 valence electrons. The van der Waals surface area contributed by atoms with Gasteiger partial charge < -0.3 is 9.42 Å². The van der Waals surface area contributed by atoms with Crippen LogP contribution in [0.3, 0.4) is 0 Å². The Bertz CT molecular complexity index is 1430. The van der Waals surface area contributed by atoms with Crippen molar-refractivity contribution in [1.29, 1.82) is 0 Å². The lowest BCUT2D eigenvalue weighted by Crippen LogP contribution is -2.23. The minimum Gasteiger partial charge on any atom is -0.421 e. The molecule has 1 N–H and O–H groups in total. The highest BCUT2D eigenvalue weighted by Gasteiger charge is 2.34. The van der Waals surface area contributed by atoms with E-state index in [1.165, 1.54) is 16.7 Å². The second-order valence-electron chi connectivity index (χ2n) is 14.6. The molecule has 3 nitrogen and oxygen atoms in total. The summed E-state index contributed by atoms with van der Waals surface area (Å²) in [6.45, 7) is 26.7. The first-order chi connectivity index (χ1) is 19.3. The Balaban J connectivity index is 2.27. The molecule has 0 amide bonds. The molecule has 0 aromatic heterocycles. The SMILES string of the molecule is CCC(C)(C)c1ccc(OP(=O)(O)c2ccc(C(C)(C)CC)cc2-c2ccc(C(C)(C)CC)cc2C(C)(C)CC)cc1. The van der Waals surface area contributed by atoms with Gasteiger partial charge >= 0.3 is 7.60 Å². The molecule has 3 aromatic carbocycles. The van der Waals surface area contributed by atoms with Crippen molar-refractivity contribution in [1.82, 2.24) is 0 Å². The van der Waals surface area contributed by atoms with Crippen molar-refractivity contribution in [2.45, 2.75) is 130 Å². The molecule has 42 heavy (non-hydrogen) atoms. The minimum absolute atomic E-state index is 0.0253. The average molecular weight is 591 g/mol. The lowest BCUT2D eigenvalue weighted by Gasteiger charge is -2.32. The van der Waals surface area contributed by atoms with Gasteiger partial charge in [0.05, 0.1) is 5.30 Å². The Morgan fingerprint density at radius 1 is 0.571 bits per heavy atom. The van der Waals surface area contributed by atoms with Crippen molar-refractivity contribution < 1.29 is 14.0 Å². The summed E-state index contributed by atoms with van der Waals surface area (Å²) in [5, 5.41) is 0.340. The van der Waals surface area contributed by atoms with Gasteiger partial charge in [-0.2, -0.15) is 0 Å².